The number of hydrogen-bond donors (Lipinski definition) is 1. The molecule has 0 aromatic carbocycles. The summed E-state index contributed by atoms with van der Waals surface area (Å²) in [5, 5.41) is 18.0. The minimum absolute atomic E-state index is 0.0637. The first kappa shape index (κ1) is 8.35. The molecule has 3 heteroatoms. The number of likely N-dealkylation sites (N-methyl/N-ethyl adjacent to an activating group) is 1. The Bertz CT molecular complexity index is 164. The molecule has 3 nitrogen and oxygen atoms in total. The topological polar surface area (TPSA) is 47.3 Å². The average Bonchev–Trinajstić information content (AvgIpc) is 2.04. The molecule has 1 saturated carbocycles. The zero-order valence-electron chi connectivity index (χ0n) is 6.82. The highest BCUT2D eigenvalue weighted by Crippen LogP contribution is 2.21. The van der Waals surface area contributed by atoms with Gasteiger partial charge in [-0.15, -0.1) is 0 Å². The summed E-state index contributed by atoms with van der Waals surface area (Å²) in [6.45, 7) is 0. The van der Waals surface area contributed by atoms with E-state index in [0.717, 1.165) is 25.7 Å². The molecule has 62 valence electrons. The smallest absolute Gasteiger partial charge is 0.179 e. The molecule has 2 atom stereocenters. The highest BCUT2D eigenvalue weighted by Gasteiger charge is 2.25. The molecule has 0 radical (unpaired) electrons. The molecular weight excluding hydrogens is 140 g/mol. The first-order valence-corrected chi connectivity index (χ1v) is 4.06. The summed E-state index contributed by atoms with van der Waals surface area (Å²) in [7, 11) is 1.74. The molecule has 0 saturated heterocycles. The second-order valence-corrected chi connectivity index (χ2v) is 3.13. The number of rotatable bonds is 1. The van der Waals surface area contributed by atoms with Gasteiger partial charge < -0.3 is 10.0 Å². The number of hydrogen-bond acceptors (Lipinski definition) is 3. The molecule has 11 heavy (non-hydrogen) atoms. The average molecular weight is 154 g/mol. The lowest BCUT2D eigenvalue weighted by atomic mass is 9.92. The normalized spacial score (nSPS) is 31.0. The third-order valence-corrected chi connectivity index (χ3v) is 2.35. The molecule has 1 N–H and O–H groups in total. The van der Waals surface area contributed by atoms with Crippen molar-refractivity contribution in [2.75, 3.05) is 7.05 Å². The minimum atomic E-state index is -0.298. The molecule has 1 rings (SSSR count). The Labute approximate surface area is 67.2 Å². The van der Waals surface area contributed by atoms with E-state index in [9.17, 15) is 5.11 Å². The molecule has 0 aliphatic heterocycles. The molecule has 0 aromatic rings. The molecule has 0 amide bonds. The Kier molecular flexibility index (Phi) is 2.72. The lowest BCUT2D eigenvalue weighted by Crippen LogP contribution is -2.40. The number of nitrogens with zero attached hydrogens (tertiary/aromatic N) is 2. The van der Waals surface area contributed by atoms with Crippen molar-refractivity contribution in [3.63, 3.8) is 0 Å². The first-order chi connectivity index (χ1) is 5.25. The Morgan fingerprint density at radius 1 is 1.45 bits per heavy atom. The second-order valence-electron chi connectivity index (χ2n) is 3.13. The Morgan fingerprint density at radius 3 is 2.64 bits per heavy atom. The van der Waals surface area contributed by atoms with E-state index in [1.165, 1.54) is 0 Å². The Balaban J connectivity index is 2.48. The fourth-order valence-electron chi connectivity index (χ4n) is 1.62. The van der Waals surface area contributed by atoms with Crippen LogP contribution in [0.15, 0.2) is 0 Å². The third-order valence-electron chi connectivity index (χ3n) is 2.35. The van der Waals surface area contributed by atoms with E-state index < -0.39 is 0 Å². The van der Waals surface area contributed by atoms with Crippen molar-refractivity contribution in [3.8, 4) is 6.19 Å². The summed E-state index contributed by atoms with van der Waals surface area (Å²) in [5.41, 5.74) is 0. The Hall–Kier alpha value is -0.750. The zero-order valence-corrected chi connectivity index (χ0v) is 6.82. The highest BCUT2D eigenvalue weighted by atomic mass is 16.3. The summed E-state index contributed by atoms with van der Waals surface area (Å²) in [5.74, 6) is 0. The monoisotopic (exact) mass is 154 g/mol. The summed E-state index contributed by atoms with van der Waals surface area (Å²) in [4.78, 5) is 1.56. The van der Waals surface area contributed by atoms with Gasteiger partial charge in [0.1, 0.15) is 0 Å². The van der Waals surface area contributed by atoms with Crippen LogP contribution in [0.25, 0.3) is 0 Å². The maximum atomic E-state index is 9.48. The SMILES string of the molecule is CN(C#N)C1CCCCC1O. The van der Waals surface area contributed by atoms with Gasteiger partial charge in [0.05, 0.1) is 12.1 Å². The van der Waals surface area contributed by atoms with Crippen LogP contribution < -0.4 is 0 Å². The van der Waals surface area contributed by atoms with Gasteiger partial charge in [-0.1, -0.05) is 12.8 Å². The van der Waals surface area contributed by atoms with Gasteiger partial charge in [-0.25, -0.2) is 0 Å². The largest absolute Gasteiger partial charge is 0.391 e. The predicted octanol–water partition coefficient (Wildman–Crippen LogP) is 0.703. The highest BCUT2D eigenvalue weighted by molar-refractivity contribution is 4.86. The van der Waals surface area contributed by atoms with Crippen LogP contribution in [0.4, 0.5) is 0 Å². The van der Waals surface area contributed by atoms with Gasteiger partial charge in [0.25, 0.3) is 0 Å². The molecule has 1 fully saturated rings. The van der Waals surface area contributed by atoms with Gasteiger partial charge in [0.15, 0.2) is 6.19 Å². The van der Waals surface area contributed by atoms with Gasteiger partial charge >= 0.3 is 0 Å². The van der Waals surface area contributed by atoms with Crippen molar-refractivity contribution in [2.45, 2.75) is 37.8 Å². The van der Waals surface area contributed by atoms with E-state index in [-0.39, 0.29) is 12.1 Å². The van der Waals surface area contributed by atoms with Crippen molar-refractivity contribution in [2.24, 2.45) is 0 Å². The number of aliphatic hydroxyl groups excluding tert-OH is 1. The molecular formula is C8H14N2O. The first-order valence-electron chi connectivity index (χ1n) is 4.06. The van der Waals surface area contributed by atoms with E-state index in [2.05, 4.69) is 0 Å². The molecule has 0 spiro atoms. The fraction of sp³-hybridized carbons (Fsp3) is 0.875. The van der Waals surface area contributed by atoms with E-state index in [1.807, 2.05) is 6.19 Å². The van der Waals surface area contributed by atoms with Crippen LogP contribution in [-0.4, -0.2) is 29.2 Å². The molecule has 1 aliphatic rings. The Morgan fingerprint density at radius 2 is 2.09 bits per heavy atom. The second kappa shape index (κ2) is 3.59. The van der Waals surface area contributed by atoms with Crippen LogP contribution in [0, 0.1) is 11.5 Å². The molecule has 2 unspecified atom stereocenters. The van der Waals surface area contributed by atoms with Crippen molar-refractivity contribution in [1.82, 2.24) is 4.90 Å². The van der Waals surface area contributed by atoms with Gasteiger partial charge in [-0.3, -0.25) is 0 Å². The summed E-state index contributed by atoms with van der Waals surface area (Å²) in [6, 6.07) is 0.0637. The van der Waals surface area contributed by atoms with Gasteiger partial charge in [-0.05, 0) is 12.8 Å². The predicted molar refractivity (Wildman–Crippen MR) is 41.6 cm³/mol. The van der Waals surface area contributed by atoms with E-state index in [4.69, 9.17) is 5.26 Å². The van der Waals surface area contributed by atoms with Gasteiger partial charge in [0, 0.05) is 7.05 Å². The fourth-order valence-corrected chi connectivity index (χ4v) is 1.62. The molecule has 0 heterocycles. The van der Waals surface area contributed by atoms with Crippen LogP contribution in [0.1, 0.15) is 25.7 Å². The van der Waals surface area contributed by atoms with Crippen molar-refractivity contribution < 1.29 is 5.11 Å². The van der Waals surface area contributed by atoms with E-state index >= 15 is 0 Å². The van der Waals surface area contributed by atoms with Gasteiger partial charge in [-0.2, -0.15) is 5.26 Å². The van der Waals surface area contributed by atoms with Gasteiger partial charge in [0.2, 0.25) is 0 Å². The number of aliphatic hydroxyl groups is 1. The zero-order chi connectivity index (χ0) is 8.27. The molecule has 0 aromatic heterocycles. The van der Waals surface area contributed by atoms with Crippen LogP contribution in [0.5, 0.6) is 0 Å². The maximum absolute atomic E-state index is 9.48. The standard InChI is InChI=1S/C8H14N2O/c1-10(6-9)7-4-2-3-5-8(7)11/h7-8,11H,2-5H2,1H3. The summed E-state index contributed by atoms with van der Waals surface area (Å²) < 4.78 is 0. The maximum Gasteiger partial charge on any atom is 0.179 e. The summed E-state index contributed by atoms with van der Waals surface area (Å²) in [6.07, 6.45) is 5.76. The van der Waals surface area contributed by atoms with Crippen molar-refractivity contribution in [1.29, 1.82) is 5.26 Å². The van der Waals surface area contributed by atoms with Crippen molar-refractivity contribution >= 4 is 0 Å². The van der Waals surface area contributed by atoms with E-state index in [1.54, 1.807) is 11.9 Å². The minimum Gasteiger partial charge on any atom is -0.391 e. The van der Waals surface area contributed by atoms with Crippen molar-refractivity contribution in [3.05, 3.63) is 0 Å². The molecule has 1 aliphatic carbocycles. The quantitative estimate of drug-likeness (QED) is 0.447. The van der Waals surface area contributed by atoms with Crippen LogP contribution in [0.2, 0.25) is 0 Å². The van der Waals surface area contributed by atoms with E-state index in [0.29, 0.717) is 0 Å². The van der Waals surface area contributed by atoms with Crippen LogP contribution >= 0.6 is 0 Å². The lowest BCUT2D eigenvalue weighted by Gasteiger charge is -2.31. The summed E-state index contributed by atoms with van der Waals surface area (Å²) >= 11 is 0. The lowest BCUT2D eigenvalue weighted by molar-refractivity contribution is 0.0548. The number of nitriles is 1. The molecule has 0 bridgehead atoms. The van der Waals surface area contributed by atoms with Crippen LogP contribution in [-0.2, 0) is 0 Å². The van der Waals surface area contributed by atoms with Crippen LogP contribution in [0.3, 0.4) is 0 Å². The third kappa shape index (κ3) is 1.84.